The van der Waals surface area contributed by atoms with Crippen LogP contribution in [0.25, 0.3) is 0 Å². The van der Waals surface area contributed by atoms with Crippen LogP contribution in [0.3, 0.4) is 0 Å². The van der Waals surface area contributed by atoms with E-state index in [0.29, 0.717) is 5.02 Å². The number of aromatic nitrogens is 1. The van der Waals surface area contributed by atoms with Crippen LogP contribution in [-0.2, 0) is 0 Å². The highest BCUT2D eigenvalue weighted by Crippen LogP contribution is 2.18. The van der Waals surface area contributed by atoms with Gasteiger partial charge < -0.3 is 15.0 Å². The summed E-state index contributed by atoms with van der Waals surface area (Å²) >= 11 is 5.80. The van der Waals surface area contributed by atoms with Crippen LogP contribution in [0.5, 0.6) is 0 Å². The number of carbonyl (C=O) groups is 1. The quantitative estimate of drug-likeness (QED) is 0.868. The number of rotatable bonds is 5. The Kier molecular flexibility index (Phi) is 5.10. The summed E-state index contributed by atoms with van der Waals surface area (Å²) in [6.07, 6.45) is -3.16. The molecule has 4 nitrogen and oxygen atoms in total. The highest BCUT2D eigenvalue weighted by atomic mass is 35.5. The summed E-state index contributed by atoms with van der Waals surface area (Å²) in [6.45, 7) is 3.22. The molecule has 0 radical (unpaired) electrons. The molecular formula is C11H15ClF2N2O2. The summed E-state index contributed by atoms with van der Waals surface area (Å²) in [5, 5.41) is 11.5. The van der Waals surface area contributed by atoms with E-state index in [4.69, 9.17) is 16.7 Å². The van der Waals surface area contributed by atoms with Crippen LogP contribution in [0.15, 0.2) is 12.3 Å². The monoisotopic (exact) mass is 280 g/mol. The molecule has 0 aliphatic rings. The van der Waals surface area contributed by atoms with Gasteiger partial charge in [-0.25, -0.2) is 8.78 Å². The van der Waals surface area contributed by atoms with E-state index in [1.54, 1.807) is 10.8 Å². The maximum atomic E-state index is 12.1. The Hall–Kier alpha value is -1.14. The first kappa shape index (κ1) is 14.9. The highest BCUT2D eigenvalue weighted by Gasteiger charge is 2.20. The zero-order valence-corrected chi connectivity index (χ0v) is 10.8. The van der Waals surface area contributed by atoms with Crippen molar-refractivity contribution in [2.75, 3.05) is 6.54 Å². The predicted molar refractivity (Wildman–Crippen MR) is 64.2 cm³/mol. The van der Waals surface area contributed by atoms with Gasteiger partial charge in [-0.15, -0.1) is 0 Å². The number of nitrogens with one attached hydrogen (secondary N) is 1. The molecule has 1 aromatic rings. The number of hydrogen-bond donors (Lipinski definition) is 2. The van der Waals surface area contributed by atoms with Gasteiger partial charge in [0.1, 0.15) is 11.8 Å². The fraction of sp³-hybridized carbons (Fsp3) is 0.545. The number of hydrogen-bond acceptors (Lipinski definition) is 2. The van der Waals surface area contributed by atoms with Gasteiger partial charge in [-0.2, -0.15) is 0 Å². The Labute approximate surface area is 109 Å². The molecule has 7 heteroatoms. The van der Waals surface area contributed by atoms with Crippen LogP contribution >= 0.6 is 11.6 Å². The van der Waals surface area contributed by atoms with Crippen LogP contribution in [-0.4, -0.2) is 34.7 Å². The van der Waals surface area contributed by atoms with Gasteiger partial charge in [0, 0.05) is 18.8 Å². The number of alkyl halides is 2. The van der Waals surface area contributed by atoms with Crippen LogP contribution in [0.4, 0.5) is 8.78 Å². The van der Waals surface area contributed by atoms with Gasteiger partial charge in [-0.3, -0.25) is 4.79 Å². The highest BCUT2D eigenvalue weighted by molar-refractivity contribution is 6.31. The topological polar surface area (TPSA) is 54.3 Å². The van der Waals surface area contributed by atoms with Gasteiger partial charge >= 0.3 is 0 Å². The number of amides is 1. The van der Waals surface area contributed by atoms with Crippen LogP contribution < -0.4 is 5.32 Å². The number of aliphatic hydroxyl groups excluding tert-OH is 1. The smallest absolute Gasteiger partial charge is 0.268 e. The van der Waals surface area contributed by atoms with Gasteiger partial charge in [0.2, 0.25) is 0 Å². The molecule has 1 aromatic heterocycles. The van der Waals surface area contributed by atoms with Crippen LogP contribution in [0.1, 0.15) is 30.4 Å². The molecule has 1 amide bonds. The lowest BCUT2D eigenvalue weighted by molar-refractivity contribution is -0.00275. The zero-order chi connectivity index (χ0) is 13.9. The summed E-state index contributed by atoms with van der Waals surface area (Å²) in [5.74, 6) is -0.546. The van der Waals surface area contributed by atoms with Gasteiger partial charge in [-0.1, -0.05) is 11.6 Å². The average molecular weight is 281 g/mol. The molecule has 1 heterocycles. The van der Waals surface area contributed by atoms with E-state index in [1.165, 1.54) is 6.07 Å². The molecule has 0 spiro atoms. The minimum absolute atomic E-state index is 0.0123. The van der Waals surface area contributed by atoms with E-state index >= 15 is 0 Å². The third kappa shape index (κ3) is 3.68. The first-order valence-electron chi connectivity index (χ1n) is 5.44. The molecule has 0 saturated heterocycles. The molecule has 18 heavy (non-hydrogen) atoms. The van der Waals surface area contributed by atoms with Gasteiger partial charge in [0.15, 0.2) is 0 Å². The standard InChI is InChI=1S/C11H15ClF2N2O2/c1-6(2)16-5-7(12)3-8(16)11(18)15-4-9(17)10(13)14/h3,5-6,9-10,17H,4H2,1-2H3,(H,15,18). The van der Waals surface area contributed by atoms with Crippen molar-refractivity contribution in [3.8, 4) is 0 Å². The number of nitrogens with zero attached hydrogens (tertiary/aromatic N) is 1. The van der Waals surface area contributed by atoms with E-state index in [0.717, 1.165) is 0 Å². The lowest BCUT2D eigenvalue weighted by Crippen LogP contribution is -2.36. The third-order valence-electron chi connectivity index (χ3n) is 2.37. The lowest BCUT2D eigenvalue weighted by Gasteiger charge is -2.14. The SMILES string of the molecule is CC(C)n1cc(Cl)cc1C(=O)NCC(O)C(F)F. The van der Waals surface area contributed by atoms with Crippen LogP contribution in [0, 0.1) is 0 Å². The Morgan fingerprint density at radius 2 is 2.17 bits per heavy atom. The summed E-state index contributed by atoms with van der Waals surface area (Å²) in [5.41, 5.74) is 0.275. The molecule has 0 aromatic carbocycles. The van der Waals surface area contributed by atoms with E-state index in [1.807, 2.05) is 13.8 Å². The zero-order valence-electron chi connectivity index (χ0n) is 10.0. The first-order chi connectivity index (χ1) is 8.32. The maximum absolute atomic E-state index is 12.1. The average Bonchev–Trinajstić information content (AvgIpc) is 2.67. The molecule has 0 saturated carbocycles. The normalized spacial score (nSPS) is 13.1. The summed E-state index contributed by atoms with van der Waals surface area (Å²) in [6, 6.07) is 1.46. The fourth-order valence-corrected chi connectivity index (χ4v) is 1.64. The molecule has 2 N–H and O–H groups in total. The second kappa shape index (κ2) is 6.15. The van der Waals surface area contributed by atoms with Crippen molar-refractivity contribution in [3.05, 3.63) is 23.0 Å². The molecule has 0 bridgehead atoms. The number of carbonyl (C=O) groups excluding carboxylic acids is 1. The Morgan fingerprint density at radius 3 is 2.67 bits per heavy atom. The molecule has 0 aliphatic carbocycles. The summed E-state index contributed by atoms with van der Waals surface area (Å²) < 4.78 is 25.8. The Morgan fingerprint density at radius 1 is 1.56 bits per heavy atom. The Balaban J connectivity index is 2.72. The van der Waals surface area contributed by atoms with E-state index in [-0.39, 0.29) is 11.7 Å². The molecule has 102 valence electrons. The molecule has 0 fully saturated rings. The minimum atomic E-state index is -2.88. The largest absolute Gasteiger partial charge is 0.385 e. The first-order valence-corrected chi connectivity index (χ1v) is 5.82. The minimum Gasteiger partial charge on any atom is -0.385 e. The van der Waals surface area contributed by atoms with Gasteiger partial charge in [0.25, 0.3) is 12.3 Å². The second-order valence-corrected chi connectivity index (χ2v) is 4.59. The second-order valence-electron chi connectivity index (χ2n) is 4.16. The van der Waals surface area contributed by atoms with Crippen LogP contribution in [0.2, 0.25) is 5.02 Å². The van der Waals surface area contributed by atoms with Crippen molar-refractivity contribution in [3.63, 3.8) is 0 Å². The molecule has 1 atom stereocenters. The fourth-order valence-electron chi connectivity index (χ4n) is 1.43. The van der Waals surface area contributed by atoms with E-state index in [9.17, 15) is 13.6 Å². The van der Waals surface area contributed by atoms with Crippen molar-refractivity contribution in [1.82, 2.24) is 9.88 Å². The molecule has 0 aliphatic heterocycles. The number of aliphatic hydroxyl groups is 1. The summed E-state index contributed by atoms with van der Waals surface area (Å²) in [7, 11) is 0. The van der Waals surface area contributed by atoms with Crippen molar-refractivity contribution >= 4 is 17.5 Å². The third-order valence-corrected chi connectivity index (χ3v) is 2.57. The number of halogens is 3. The van der Waals surface area contributed by atoms with Crippen molar-refractivity contribution in [2.24, 2.45) is 0 Å². The predicted octanol–water partition coefficient (Wildman–Crippen LogP) is 2.08. The van der Waals surface area contributed by atoms with Gasteiger partial charge in [0.05, 0.1) is 5.02 Å². The van der Waals surface area contributed by atoms with Crippen molar-refractivity contribution < 1.29 is 18.7 Å². The lowest BCUT2D eigenvalue weighted by atomic mass is 10.3. The molecule has 1 rings (SSSR count). The van der Waals surface area contributed by atoms with Crippen molar-refractivity contribution in [2.45, 2.75) is 32.4 Å². The maximum Gasteiger partial charge on any atom is 0.268 e. The Bertz CT molecular complexity index is 421. The van der Waals surface area contributed by atoms with E-state index < -0.39 is 25.0 Å². The molecule has 1 unspecified atom stereocenters. The summed E-state index contributed by atoms with van der Waals surface area (Å²) in [4.78, 5) is 11.8. The van der Waals surface area contributed by atoms with Gasteiger partial charge in [-0.05, 0) is 19.9 Å². The van der Waals surface area contributed by atoms with E-state index in [2.05, 4.69) is 5.32 Å². The van der Waals surface area contributed by atoms with Crippen molar-refractivity contribution in [1.29, 1.82) is 0 Å². The molecular weight excluding hydrogens is 266 g/mol.